The van der Waals surface area contributed by atoms with E-state index >= 15 is 0 Å². The molecule has 0 aliphatic carbocycles. The highest BCUT2D eigenvalue weighted by Gasteiger charge is 2.45. The zero-order valence-corrected chi connectivity index (χ0v) is 14.9. The van der Waals surface area contributed by atoms with Crippen LogP contribution < -0.4 is 0 Å². The van der Waals surface area contributed by atoms with Gasteiger partial charge in [0.05, 0.1) is 11.7 Å². The van der Waals surface area contributed by atoms with Crippen LogP contribution in [-0.4, -0.2) is 69.1 Å². The van der Waals surface area contributed by atoms with Crippen LogP contribution in [-0.2, 0) is 9.47 Å². The maximum atomic E-state index is 12.9. The minimum absolute atomic E-state index is 0.0560. The number of methoxy groups -OCH3 is 1. The third-order valence-corrected chi connectivity index (χ3v) is 5.41. The topological polar surface area (TPSA) is 82.4 Å². The quantitative estimate of drug-likeness (QED) is 0.827. The Morgan fingerprint density at radius 3 is 2.77 bits per heavy atom. The lowest BCUT2D eigenvalue weighted by molar-refractivity contribution is -0.183. The predicted octanol–water partition coefficient (Wildman–Crippen LogP) is 1.46. The third-order valence-electron chi connectivity index (χ3n) is 5.41. The molecule has 1 spiro atoms. The summed E-state index contributed by atoms with van der Waals surface area (Å²) in [5.74, 6) is 0.573. The smallest absolute Gasteiger partial charge is 0.272 e. The molecule has 2 aromatic heterocycles. The van der Waals surface area contributed by atoms with Gasteiger partial charge in [-0.25, -0.2) is 4.98 Å². The Hall–Kier alpha value is -2.32. The molecule has 0 saturated carbocycles. The van der Waals surface area contributed by atoms with Crippen LogP contribution in [0.15, 0.2) is 30.9 Å². The molecule has 0 radical (unpaired) electrons. The second-order valence-electron chi connectivity index (χ2n) is 6.82. The van der Waals surface area contributed by atoms with Gasteiger partial charge in [0.15, 0.2) is 0 Å². The molecule has 2 aliphatic heterocycles. The monoisotopic (exact) mass is 357 g/mol. The van der Waals surface area contributed by atoms with Gasteiger partial charge in [0.25, 0.3) is 5.91 Å². The number of nitrogens with zero attached hydrogens (tertiary/aromatic N) is 5. The second-order valence-corrected chi connectivity index (χ2v) is 6.82. The van der Waals surface area contributed by atoms with Gasteiger partial charge in [-0.3, -0.25) is 9.36 Å². The van der Waals surface area contributed by atoms with E-state index in [0.717, 1.165) is 32.3 Å². The summed E-state index contributed by atoms with van der Waals surface area (Å²) in [6, 6.07) is 5.40. The lowest BCUT2D eigenvalue weighted by Gasteiger charge is -2.47. The summed E-state index contributed by atoms with van der Waals surface area (Å²) in [7, 11) is 1.75. The van der Waals surface area contributed by atoms with Crippen molar-refractivity contribution in [1.29, 1.82) is 0 Å². The maximum absolute atomic E-state index is 12.9. The van der Waals surface area contributed by atoms with Crippen LogP contribution in [0, 0.1) is 0 Å². The SMILES string of the molecule is CO[C@@H]1CCCOC12CCN(C(=O)c1cccc(-n3cnnc3)n1)CC2. The molecule has 4 rings (SSSR count). The van der Waals surface area contributed by atoms with Gasteiger partial charge in [0.1, 0.15) is 24.2 Å². The Kier molecular flexibility index (Phi) is 4.69. The molecule has 1 atom stereocenters. The maximum Gasteiger partial charge on any atom is 0.272 e. The second kappa shape index (κ2) is 7.13. The molecule has 2 fully saturated rings. The van der Waals surface area contributed by atoms with Crippen molar-refractivity contribution in [2.45, 2.75) is 37.4 Å². The first-order valence-corrected chi connectivity index (χ1v) is 9.00. The first-order valence-electron chi connectivity index (χ1n) is 9.00. The number of pyridine rings is 1. The van der Waals surface area contributed by atoms with Crippen molar-refractivity contribution >= 4 is 5.91 Å². The normalized spacial score (nSPS) is 22.5. The zero-order valence-electron chi connectivity index (χ0n) is 14.9. The van der Waals surface area contributed by atoms with E-state index in [2.05, 4.69) is 15.2 Å². The van der Waals surface area contributed by atoms with Crippen LogP contribution in [0.1, 0.15) is 36.2 Å². The average molecular weight is 357 g/mol. The van der Waals surface area contributed by atoms with Crippen molar-refractivity contribution < 1.29 is 14.3 Å². The highest BCUT2D eigenvalue weighted by molar-refractivity contribution is 5.92. The predicted molar refractivity (Wildman–Crippen MR) is 93.0 cm³/mol. The van der Waals surface area contributed by atoms with Crippen molar-refractivity contribution in [2.24, 2.45) is 0 Å². The van der Waals surface area contributed by atoms with Gasteiger partial charge >= 0.3 is 0 Å². The molecule has 4 heterocycles. The number of likely N-dealkylation sites (tertiary alicyclic amines) is 1. The van der Waals surface area contributed by atoms with E-state index in [1.807, 2.05) is 17.0 Å². The zero-order chi connectivity index (χ0) is 18.0. The molecule has 26 heavy (non-hydrogen) atoms. The fourth-order valence-corrected chi connectivity index (χ4v) is 3.95. The van der Waals surface area contributed by atoms with Gasteiger partial charge in [-0.15, -0.1) is 10.2 Å². The number of hydrogen-bond acceptors (Lipinski definition) is 6. The van der Waals surface area contributed by atoms with Crippen LogP contribution >= 0.6 is 0 Å². The lowest BCUT2D eigenvalue weighted by Crippen LogP contribution is -2.56. The third kappa shape index (κ3) is 3.10. The molecular weight excluding hydrogens is 334 g/mol. The van der Waals surface area contributed by atoms with Gasteiger partial charge in [-0.05, 0) is 37.8 Å². The van der Waals surface area contributed by atoms with E-state index in [1.54, 1.807) is 30.4 Å². The summed E-state index contributed by atoms with van der Waals surface area (Å²) in [4.78, 5) is 19.2. The van der Waals surface area contributed by atoms with E-state index in [-0.39, 0.29) is 17.6 Å². The summed E-state index contributed by atoms with van der Waals surface area (Å²) >= 11 is 0. The molecule has 0 bridgehead atoms. The summed E-state index contributed by atoms with van der Waals surface area (Å²) < 4.78 is 13.5. The van der Waals surface area contributed by atoms with Crippen molar-refractivity contribution in [3.8, 4) is 5.82 Å². The van der Waals surface area contributed by atoms with Crippen LogP contribution in [0.25, 0.3) is 5.82 Å². The number of carbonyl (C=O) groups is 1. The number of hydrogen-bond donors (Lipinski definition) is 0. The minimum Gasteiger partial charge on any atom is -0.378 e. The molecular formula is C18H23N5O3. The van der Waals surface area contributed by atoms with Crippen LogP contribution in [0.3, 0.4) is 0 Å². The number of piperidine rings is 1. The first-order chi connectivity index (χ1) is 12.7. The Morgan fingerprint density at radius 2 is 2.04 bits per heavy atom. The lowest BCUT2D eigenvalue weighted by atomic mass is 9.82. The molecule has 1 amide bonds. The molecule has 2 aromatic rings. The van der Waals surface area contributed by atoms with Crippen molar-refractivity contribution in [1.82, 2.24) is 24.6 Å². The van der Waals surface area contributed by atoms with E-state index in [4.69, 9.17) is 9.47 Å². The van der Waals surface area contributed by atoms with Crippen molar-refractivity contribution in [3.63, 3.8) is 0 Å². The molecule has 0 N–H and O–H groups in total. The highest BCUT2D eigenvalue weighted by atomic mass is 16.5. The molecule has 138 valence electrons. The minimum atomic E-state index is -0.248. The summed E-state index contributed by atoms with van der Waals surface area (Å²) in [5, 5.41) is 7.56. The number of aromatic nitrogens is 4. The fraction of sp³-hybridized carbons (Fsp3) is 0.556. The van der Waals surface area contributed by atoms with Crippen LogP contribution in [0.5, 0.6) is 0 Å². The van der Waals surface area contributed by atoms with Gasteiger partial charge < -0.3 is 14.4 Å². The fourth-order valence-electron chi connectivity index (χ4n) is 3.95. The Balaban J connectivity index is 1.46. The average Bonchev–Trinajstić information content (AvgIpc) is 3.23. The summed E-state index contributed by atoms with van der Waals surface area (Å²) in [5.41, 5.74) is 0.182. The van der Waals surface area contributed by atoms with E-state index in [9.17, 15) is 4.79 Å². The van der Waals surface area contributed by atoms with E-state index in [1.165, 1.54) is 0 Å². The van der Waals surface area contributed by atoms with Crippen LogP contribution in [0.4, 0.5) is 0 Å². The molecule has 0 aromatic carbocycles. The van der Waals surface area contributed by atoms with Gasteiger partial charge in [-0.1, -0.05) is 6.07 Å². The number of carbonyl (C=O) groups excluding carboxylic acids is 1. The number of ether oxygens (including phenoxy) is 2. The van der Waals surface area contributed by atoms with Gasteiger partial charge in [0.2, 0.25) is 0 Å². The standard InChI is InChI=1S/C18H23N5O3/c1-25-15-5-3-11-26-18(15)7-9-22(10-8-18)17(24)14-4-2-6-16(21-14)23-12-19-20-13-23/h2,4,6,12-13,15H,3,5,7-11H2,1H3/t15-/m1/s1. The molecule has 0 unspecified atom stereocenters. The summed E-state index contributed by atoms with van der Waals surface area (Å²) in [6.07, 6.45) is 6.88. The molecule has 2 saturated heterocycles. The van der Waals surface area contributed by atoms with Gasteiger partial charge in [-0.2, -0.15) is 0 Å². The molecule has 8 heteroatoms. The Bertz CT molecular complexity index is 756. The van der Waals surface area contributed by atoms with E-state index in [0.29, 0.717) is 24.6 Å². The molecule has 2 aliphatic rings. The molecule has 8 nitrogen and oxygen atoms in total. The Labute approximate surface area is 152 Å². The Morgan fingerprint density at radius 1 is 1.27 bits per heavy atom. The van der Waals surface area contributed by atoms with Crippen molar-refractivity contribution in [3.05, 3.63) is 36.5 Å². The number of rotatable bonds is 3. The van der Waals surface area contributed by atoms with Gasteiger partial charge in [0, 0.05) is 26.8 Å². The van der Waals surface area contributed by atoms with Crippen LogP contribution in [0.2, 0.25) is 0 Å². The summed E-state index contributed by atoms with van der Waals surface area (Å²) in [6.45, 7) is 2.07. The number of amides is 1. The first kappa shape index (κ1) is 17.1. The highest BCUT2D eigenvalue weighted by Crippen LogP contribution is 2.37. The largest absolute Gasteiger partial charge is 0.378 e. The van der Waals surface area contributed by atoms with E-state index < -0.39 is 0 Å². The van der Waals surface area contributed by atoms with Crippen molar-refractivity contribution in [2.75, 3.05) is 26.8 Å².